The number of nitrogens with one attached hydrogen (secondary N) is 1. The van der Waals surface area contributed by atoms with E-state index in [1.807, 2.05) is 54.6 Å². The number of nitrogens with zero attached hydrogens (tertiary/aromatic N) is 2. The average molecular weight is 403 g/mol. The van der Waals surface area contributed by atoms with E-state index in [0.717, 1.165) is 11.1 Å². The third-order valence-electron chi connectivity index (χ3n) is 4.17. The van der Waals surface area contributed by atoms with Gasteiger partial charge in [0.15, 0.2) is 0 Å². The summed E-state index contributed by atoms with van der Waals surface area (Å²) in [5.74, 6) is 1.19. The highest BCUT2D eigenvalue weighted by Crippen LogP contribution is 2.28. The number of para-hydroxylation sites is 1. The Labute approximate surface area is 169 Å². The van der Waals surface area contributed by atoms with E-state index in [9.17, 15) is 4.79 Å². The minimum atomic E-state index is -0.434. The summed E-state index contributed by atoms with van der Waals surface area (Å²) in [5, 5.41) is 6.83. The van der Waals surface area contributed by atoms with E-state index in [4.69, 9.17) is 15.0 Å². The van der Waals surface area contributed by atoms with Gasteiger partial charge in [0.25, 0.3) is 0 Å². The van der Waals surface area contributed by atoms with E-state index in [0.29, 0.717) is 17.5 Å². The molecule has 3 aromatic rings. The van der Waals surface area contributed by atoms with Crippen LogP contribution in [0.4, 0.5) is 0 Å². The Morgan fingerprint density at radius 2 is 1.86 bits per heavy atom. The smallest absolute Gasteiger partial charge is 0.249 e. The molecule has 0 saturated heterocycles. The number of carbonyl (C=O) groups is 1. The lowest BCUT2D eigenvalue weighted by Gasteiger charge is -2.14. The van der Waals surface area contributed by atoms with Gasteiger partial charge >= 0.3 is 0 Å². The van der Waals surface area contributed by atoms with Crippen LogP contribution in [0.3, 0.4) is 0 Å². The van der Waals surface area contributed by atoms with Crippen molar-refractivity contribution in [3.8, 4) is 17.1 Å². The maximum Gasteiger partial charge on any atom is 0.249 e. The lowest BCUT2D eigenvalue weighted by atomic mass is 10.0. The standard InChI is InChI=1S/C20H22N4O3.ClH/c1-13(22-18(25)12-16(21)14-8-4-3-5-9-14)20-23-19(24-27-20)15-10-6-7-11-17(15)26-2;/h3-11,13,16H,12,21H2,1-2H3,(H,22,25);1H. The minimum Gasteiger partial charge on any atom is -0.496 e. The molecule has 2 aromatic carbocycles. The number of halogens is 1. The van der Waals surface area contributed by atoms with Gasteiger partial charge in [0.05, 0.1) is 12.7 Å². The molecule has 2 unspecified atom stereocenters. The second-order valence-electron chi connectivity index (χ2n) is 6.17. The highest BCUT2D eigenvalue weighted by Gasteiger charge is 2.20. The van der Waals surface area contributed by atoms with Crippen LogP contribution in [-0.4, -0.2) is 23.2 Å². The van der Waals surface area contributed by atoms with Crippen LogP contribution in [-0.2, 0) is 4.79 Å². The summed E-state index contributed by atoms with van der Waals surface area (Å²) in [6, 6.07) is 16.1. The highest BCUT2D eigenvalue weighted by atomic mass is 35.5. The quantitative estimate of drug-likeness (QED) is 0.627. The Kier molecular flexibility index (Phi) is 7.54. The van der Waals surface area contributed by atoms with Gasteiger partial charge in [0.2, 0.25) is 17.6 Å². The monoisotopic (exact) mass is 402 g/mol. The number of methoxy groups -OCH3 is 1. The molecular weight excluding hydrogens is 380 g/mol. The molecular formula is C20H23ClN4O3. The number of amides is 1. The molecule has 0 aliphatic rings. The molecule has 28 heavy (non-hydrogen) atoms. The lowest BCUT2D eigenvalue weighted by Crippen LogP contribution is -2.30. The predicted octanol–water partition coefficient (Wildman–Crippen LogP) is 3.43. The number of carbonyl (C=O) groups excluding carboxylic acids is 1. The van der Waals surface area contributed by atoms with Crippen molar-refractivity contribution in [1.29, 1.82) is 0 Å². The molecule has 0 spiro atoms. The van der Waals surface area contributed by atoms with Crippen molar-refractivity contribution in [2.75, 3.05) is 7.11 Å². The van der Waals surface area contributed by atoms with E-state index < -0.39 is 6.04 Å². The number of nitrogens with two attached hydrogens (primary N) is 1. The van der Waals surface area contributed by atoms with Crippen molar-refractivity contribution in [3.05, 3.63) is 66.1 Å². The first kappa shape index (κ1) is 21.4. The van der Waals surface area contributed by atoms with Crippen LogP contribution in [0.25, 0.3) is 11.4 Å². The Morgan fingerprint density at radius 3 is 2.57 bits per heavy atom. The van der Waals surface area contributed by atoms with Gasteiger partial charge in [0.1, 0.15) is 11.8 Å². The van der Waals surface area contributed by atoms with Crippen molar-refractivity contribution in [2.45, 2.75) is 25.4 Å². The Bertz CT molecular complexity index is 901. The molecule has 0 radical (unpaired) electrons. The van der Waals surface area contributed by atoms with Crippen LogP contribution in [0.1, 0.15) is 36.9 Å². The van der Waals surface area contributed by atoms with Crippen molar-refractivity contribution in [3.63, 3.8) is 0 Å². The summed E-state index contributed by atoms with van der Waals surface area (Å²) in [7, 11) is 1.58. The van der Waals surface area contributed by atoms with Crippen molar-refractivity contribution >= 4 is 18.3 Å². The van der Waals surface area contributed by atoms with E-state index in [1.165, 1.54) is 0 Å². The SMILES string of the molecule is COc1ccccc1-c1noc(C(C)NC(=O)CC(N)c2ccccc2)n1.Cl. The molecule has 0 aliphatic heterocycles. The number of ether oxygens (including phenoxy) is 1. The molecule has 0 fully saturated rings. The number of rotatable bonds is 7. The zero-order chi connectivity index (χ0) is 19.2. The van der Waals surface area contributed by atoms with Crippen LogP contribution in [0.5, 0.6) is 5.75 Å². The van der Waals surface area contributed by atoms with Crippen LogP contribution < -0.4 is 15.8 Å². The zero-order valence-electron chi connectivity index (χ0n) is 15.7. The first-order valence-electron chi connectivity index (χ1n) is 8.65. The second kappa shape index (κ2) is 9.87. The van der Waals surface area contributed by atoms with Gasteiger partial charge in [-0.3, -0.25) is 4.79 Å². The fourth-order valence-corrected chi connectivity index (χ4v) is 2.73. The van der Waals surface area contributed by atoms with Gasteiger partial charge in [-0.2, -0.15) is 4.98 Å². The van der Waals surface area contributed by atoms with Crippen LogP contribution >= 0.6 is 12.4 Å². The molecule has 3 N–H and O–H groups in total. The van der Waals surface area contributed by atoms with E-state index in [1.54, 1.807) is 14.0 Å². The molecule has 3 rings (SSSR count). The fourth-order valence-electron chi connectivity index (χ4n) is 2.73. The second-order valence-corrected chi connectivity index (χ2v) is 6.17. The molecule has 1 amide bonds. The minimum absolute atomic E-state index is 0. The highest BCUT2D eigenvalue weighted by molar-refractivity contribution is 5.85. The lowest BCUT2D eigenvalue weighted by molar-refractivity contribution is -0.122. The maximum absolute atomic E-state index is 12.3. The summed E-state index contributed by atoms with van der Waals surface area (Å²) in [6.45, 7) is 1.78. The summed E-state index contributed by atoms with van der Waals surface area (Å²) < 4.78 is 10.6. The average Bonchev–Trinajstić information content (AvgIpc) is 3.18. The van der Waals surface area contributed by atoms with E-state index in [2.05, 4.69) is 15.5 Å². The largest absolute Gasteiger partial charge is 0.496 e. The molecule has 0 bridgehead atoms. The van der Waals surface area contributed by atoms with E-state index in [-0.39, 0.29) is 30.8 Å². The molecule has 2 atom stereocenters. The molecule has 0 aliphatic carbocycles. The predicted molar refractivity (Wildman–Crippen MR) is 108 cm³/mol. The van der Waals surface area contributed by atoms with Gasteiger partial charge in [-0.05, 0) is 24.6 Å². The third kappa shape index (κ3) is 5.09. The van der Waals surface area contributed by atoms with Crippen molar-refractivity contribution in [1.82, 2.24) is 15.5 Å². The fraction of sp³-hybridized carbons (Fsp3) is 0.250. The van der Waals surface area contributed by atoms with E-state index >= 15 is 0 Å². The Balaban J connectivity index is 0.00000280. The summed E-state index contributed by atoms with van der Waals surface area (Å²) in [5.41, 5.74) is 7.73. The Morgan fingerprint density at radius 1 is 1.18 bits per heavy atom. The topological polar surface area (TPSA) is 103 Å². The van der Waals surface area contributed by atoms with Gasteiger partial charge in [-0.25, -0.2) is 0 Å². The van der Waals surface area contributed by atoms with Gasteiger partial charge < -0.3 is 20.3 Å². The summed E-state index contributed by atoms with van der Waals surface area (Å²) in [6.07, 6.45) is 0.169. The first-order chi connectivity index (χ1) is 13.1. The summed E-state index contributed by atoms with van der Waals surface area (Å²) >= 11 is 0. The van der Waals surface area contributed by atoms with Crippen molar-refractivity contribution in [2.24, 2.45) is 5.73 Å². The molecule has 148 valence electrons. The molecule has 1 heterocycles. The zero-order valence-corrected chi connectivity index (χ0v) is 16.5. The Hall–Kier alpha value is -2.90. The summed E-state index contributed by atoms with van der Waals surface area (Å²) in [4.78, 5) is 16.7. The molecule has 1 aromatic heterocycles. The molecule has 7 nitrogen and oxygen atoms in total. The first-order valence-corrected chi connectivity index (χ1v) is 8.65. The molecule has 0 saturated carbocycles. The number of aromatic nitrogens is 2. The van der Waals surface area contributed by atoms with Gasteiger partial charge in [-0.1, -0.05) is 47.6 Å². The molecule has 8 heteroatoms. The maximum atomic E-state index is 12.3. The number of hydrogen-bond donors (Lipinski definition) is 2. The van der Waals surface area contributed by atoms with Crippen molar-refractivity contribution < 1.29 is 14.1 Å². The number of benzene rings is 2. The van der Waals surface area contributed by atoms with Crippen LogP contribution in [0.15, 0.2) is 59.1 Å². The normalized spacial score (nSPS) is 12.5. The van der Waals surface area contributed by atoms with Gasteiger partial charge in [-0.15, -0.1) is 12.4 Å². The van der Waals surface area contributed by atoms with Crippen LogP contribution in [0, 0.1) is 0 Å². The number of hydrogen-bond acceptors (Lipinski definition) is 6. The van der Waals surface area contributed by atoms with Crippen LogP contribution in [0.2, 0.25) is 0 Å². The van der Waals surface area contributed by atoms with Gasteiger partial charge in [0, 0.05) is 12.5 Å². The third-order valence-corrected chi connectivity index (χ3v) is 4.17.